The molecule has 0 spiro atoms. The molecule has 2 aromatic rings. The zero-order valence-electron chi connectivity index (χ0n) is 16.8. The van der Waals surface area contributed by atoms with E-state index in [1.165, 1.54) is 0 Å². The van der Waals surface area contributed by atoms with Gasteiger partial charge in [0.15, 0.2) is 5.41 Å². The largest absolute Gasteiger partial charge is 0.447 e. The Kier molecular flexibility index (Phi) is 4.16. The summed E-state index contributed by atoms with van der Waals surface area (Å²) in [5.41, 5.74) is -1.83. The van der Waals surface area contributed by atoms with Crippen LogP contribution < -0.4 is 0 Å². The van der Waals surface area contributed by atoms with Gasteiger partial charge in [-0.3, -0.25) is 5.41 Å². The third-order valence-corrected chi connectivity index (χ3v) is 7.28. The zero-order chi connectivity index (χ0) is 21.7. The number of ether oxygens (including phenoxy) is 2. The summed E-state index contributed by atoms with van der Waals surface area (Å²) in [6.45, 7) is 0. The molecule has 1 N–H and O–H groups in total. The molecule has 152 valence electrons. The molecule has 0 amide bonds. The Morgan fingerprint density at radius 3 is 2.06 bits per heavy atom. The molecule has 0 radical (unpaired) electrons. The zero-order valence-corrected chi connectivity index (χ0v) is 16.8. The maximum Gasteiger partial charge on any atom is 0.217 e. The van der Waals surface area contributed by atoms with Crippen LogP contribution in [-0.2, 0) is 9.47 Å². The summed E-state index contributed by atoms with van der Waals surface area (Å²) in [6.07, 6.45) is 0.769. The third kappa shape index (κ3) is 2.30. The van der Waals surface area contributed by atoms with Crippen LogP contribution in [0, 0.1) is 56.2 Å². The maximum atomic E-state index is 10.5. The van der Waals surface area contributed by atoms with Gasteiger partial charge < -0.3 is 9.47 Å². The van der Waals surface area contributed by atoms with E-state index >= 15 is 0 Å². The molecule has 5 rings (SSSR count). The molecule has 1 saturated carbocycles. The smallest absolute Gasteiger partial charge is 0.217 e. The second kappa shape index (κ2) is 6.67. The fourth-order valence-electron chi connectivity index (χ4n) is 5.79. The van der Waals surface area contributed by atoms with Crippen LogP contribution >= 0.6 is 0 Å². The van der Waals surface area contributed by atoms with E-state index in [4.69, 9.17) is 14.9 Å². The van der Waals surface area contributed by atoms with Crippen molar-refractivity contribution in [2.24, 2.45) is 16.7 Å². The predicted molar refractivity (Wildman–Crippen MR) is 110 cm³/mol. The van der Waals surface area contributed by atoms with E-state index in [9.17, 15) is 15.8 Å². The van der Waals surface area contributed by atoms with Crippen molar-refractivity contribution in [2.75, 3.05) is 0 Å². The van der Waals surface area contributed by atoms with E-state index in [0.29, 0.717) is 18.4 Å². The van der Waals surface area contributed by atoms with E-state index in [1.807, 2.05) is 36.4 Å². The Morgan fingerprint density at radius 2 is 1.48 bits per heavy atom. The molecule has 2 aliphatic heterocycles. The minimum atomic E-state index is -1.90. The minimum absolute atomic E-state index is 0.133. The molecule has 2 heterocycles. The molecule has 5 atom stereocenters. The molecule has 3 aliphatic rings. The molecular weight excluding hydrogens is 388 g/mol. The molecule has 31 heavy (non-hydrogen) atoms. The first-order valence-electron chi connectivity index (χ1n) is 10.4. The van der Waals surface area contributed by atoms with Crippen LogP contribution in [0.3, 0.4) is 0 Å². The van der Waals surface area contributed by atoms with Crippen LogP contribution in [0.4, 0.5) is 0 Å². The quantitative estimate of drug-likeness (QED) is 0.781. The van der Waals surface area contributed by atoms with Crippen LogP contribution in [-0.4, -0.2) is 11.7 Å². The molecule has 2 aromatic carbocycles. The Morgan fingerprint density at radius 1 is 0.871 bits per heavy atom. The van der Waals surface area contributed by atoms with Crippen molar-refractivity contribution < 1.29 is 9.47 Å². The number of nitrogens with zero attached hydrogens (tertiary/aromatic N) is 3. The van der Waals surface area contributed by atoms with Crippen molar-refractivity contribution >= 4 is 5.90 Å². The van der Waals surface area contributed by atoms with Gasteiger partial charge in [0, 0.05) is 6.42 Å². The van der Waals surface area contributed by atoms with Crippen molar-refractivity contribution in [1.82, 2.24) is 0 Å². The van der Waals surface area contributed by atoms with E-state index in [2.05, 4.69) is 18.2 Å². The standard InChI is InChI=1S/C25H20N4O2/c26-14-23(15-27)21(18-9-5-2-6-10-18)30-25-12-11-19(17-7-3-1-4-8-17)13-20(25)24(23,16-28)22(29)31-25/h1-10,19-21,29H,11-13H2. The molecule has 1 aliphatic carbocycles. The summed E-state index contributed by atoms with van der Waals surface area (Å²) in [4.78, 5) is 0. The van der Waals surface area contributed by atoms with Crippen LogP contribution in [0.5, 0.6) is 0 Å². The normalized spacial score (nSPS) is 35.0. The van der Waals surface area contributed by atoms with Crippen molar-refractivity contribution in [1.29, 1.82) is 21.2 Å². The van der Waals surface area contributed by atoms with Gasteiger partial charge in [-0.25, -0.2) is 0 Å². The van der Waals surface area contributed by atoms with Gasteiger partial charge >= 0.3 is 0 Å². The van der Waals surface area contributed by atoms with Crippen LogP contribution in [0.25, 0.3) is 0 Å². The lowest BCUT2D eigenvalue weighted by Gasteiger charge is -2.52. The Hall–Kier alpha value is -3.66. The summed E-state index contributed by atoms with van der Waals surface area (Å²) in [6, 6.07) is 25.5. The highest BCUT2D eigenvalue weighted by Gasteiger charge is 2.80. The lowest BCUT2D eigenvalue weighted by molar-refractivity contribution is -0.296. The predicted octanol–water partition coefficient (Wildman–Crippen LogP) is 4.59. The highest BCUT2D eigenvalue weighted by molar-refractivity contribution is 5.89. The van der Waals surface area contributed by atoms with Gasteiger partial charge in [0.05, 0.1) is 24.1 Å². The van der Waals surface area contributed by atoms with Crippen molar-refractivity contribution in [3.63, 3.8) is 0 Å². The molecule has 5 unspecified atom stereocenters. The number of nitrogens with one attached hydrogen (secondary N) is 1. The number of hydrogen-bond acceptors (Lipinski definition) is 6. The molecule has 2 bridgehead atoms. The van der Waals surface area contributed by atoms with Crippen molar-refractivity contribution in [3.8, 4) is 18.2 Å². The van der Waals surface area contributed by atoms with E-state index in [0.717, 1.165) is 12.0 Å². The van der Waals surface area contributed by atoms with Gasteiger partial charge in [-0.15, -0.1) is 0 Å². The topological polar surface area (TPSA) is 114 Å². The van der Waals surface area contributed by atoms with Gasteiger partial charge in [-0.1, -0.05) is 60.7 Å². The average Bonchev–Trinajstić information content (AvgIpc) is 3.03. The molecule has 2 saturated heterocycles. The van der Waals surface area contributed by atoms with Crippen molar-refractivity contribution in [2.45, 2.75) is 37.1 Å². The summed E-state index contributed by atoms with van der Waals surface area (Å²) < 4.78 is 12.5. The van der Waals surface area contributed by atoms with Crippen LogP contribution in [0.15, 0.2) is 60.7 Å². The first-order chi connectivity index (χ1) is 15.1. The van der Waals surface area contributed by atoms with E-state index < -0.39 is 28.6 Å². The molecular formula is C25H20N4O2. The summed E-state index contributed by atoms with van der Waals surface area (Å²) in [7, 11) is 0. The summed E-state index contributed by atoms with van der Waals surface area (Å²) >= 11 is 0. The fraction of sp³-hybridized carbons (Fsp3) is 0.360. The first kappa shape index (κ1) is 19.3. The van der Waals surface area contributed by atoms with Gasteiger partial charge in [0.1, 0.15) is 6.10 Å². The maximum absolute atomic E-state index is 10.5. The lowest BCUT2D eigenvalue weighted by Crippen LogP contribution is -2.60. The molecule has 6 heteroatoms. The van der Waals surface area contributed by atoms with E-state index in [1.54, 1.807) is 24.3 Å². The van der Waals surface area contributed by atoms with E-state index in [-0.39, 0.29) is 11.8 Å². The Bertz CT molecular complexity index is 1150. The Balaban J connectivity index is 1.69. The average molecular weight is 408 g/mol. The van der Waals surface area contributed by atoms with Gasteiger partial charge in [-0.2, -0.15) is 15.8 Å². The highest BCUT2D eigenvalue weighted by atomic mass is 16.7. The van der Waals surface area contributed by atoms with Gasteiger partial charge in [0.25, 0.3) is 0 Å². The number of nitriles is 3. The fourth-order valence-corrected chi connectivity index (χ4v) is 5.79. The minimum Gasteiger partial charge on any atom is -0.447 e. The molecule has 0 aromatic heterocycles. The third-order valence-electron chi connectivity index (χ3n) is 7.28. The number of rotatable bonds is 2. The lowest BCUT2D eigenvalue weighted by atomic mass is 9.50. The van der Waals surface area contributed by atoms with Crippen molar-refractivity contribution in [3.05, 3.63) is 71.8 Å². The summed E-state index contributed by atoms with van der Waals surface area (Å²) in [5.74, 6) is -1.96. The first-order valence-corrected chi connectivity index (χ1v) is 10.4. The molecule has 3 fully saturated rings. The molecule has 6 nitrogen and oxygen atoms in total. The SMILES string of the molecule is N#CC1(C#N)C(c2ccccc2)OC23CCC(c4ccccc4)CC2C1(C#N)C(=N)O3. The second-order valence-electron chi connectivity index (χ2n) is 8.54. The van der Waals surface area contributed by atoms with Crippen LogP contribution in [0.2, 0.25) is 0 Å². The number of hydrogen-bond donors (Lipinski definition) is 1. The second-order valence-corrected chi connectivity index (χ2v) is 8.54. The highest BCUT2D eigenvalue weighted by Crippen LogP contribution is 2.70. The van der Waals surface area contributed by atoms with Gasteiger partial charge in [0.2, 0.25) is 17.1 Å². The van der Waals surface area contributed by atoms with Gasteiger partial charge in [-0.05, 0) is 29.9 Å². The van der Waals surface area contributed by atoms with Crippen LogP contribution in [0.1, 0.15) is 42.4 Å². The number of benzene rings is 2. The Labute approximate surface area is 180 Å². The summed E-state index contributed by atoms with van der Waals surface area (Å²) in [5, 5.41) is 39.8. The monoisotopic (exact) mass is 408 g/mol.